The molecule has 4 heteroatoms. The number of hydrogen-bond acceptors (Lipinski definition) is 3. The lowest BCUT2D eigenvalue weighted by molar-refractivity contribution is -0.136. The van der Waals surface area contributed by atoms with E-state index in [0.29, 0.717) is 12.2 Å². The van der Waals surface area contributed by atoms with Crippen LogP contribution in [0, 0.1) is 11.8 Å². The van der Waals surface area contributed by atoms with Crippen molar-refractivity contribution in [2.75, 3.05) is 6.54 Å². The molecule has 3 N–H and O–H groups in total. The molecule has 0 aromatic carbocycles. The molecular formula is C10H10N2O2. The summed E-state index contributed by atoms with van der Waals surface area (Å²) in [6.07, 6.45) is 1.48. The highest BCUT2D eigenvalue weighted by Crippen LogP contribution is 1.99. The Morgan fingerprint density at radius 3 is 2.86 bits per heavy atom. The van der Waals surface area contributed by atoms with E-state index in [1.165, 1.54) is 0 Å². The first kappa shape index (κ1) is 10.2. The van der Waals surface area contributed by atoms with Crippen LogP contribution in [-0.4, -0.2) is 22.6 Å². The third-order valence-electron chi connectivity index (χ3n) is 1.49. The predicted molar refractivity (Wildman–Crippen MR) is 51.5 cm³/mol. The molecule has 0 radical (unpaired) electrons. The third kappa shape index (κ3) is 3.25. The fourth-order valence-corrected chi connectivity index (χ4v) is 0.911. The average molecular weight is 190 g/mol. The molecule has 72 valence electrons. The molecule has 0 aliphatic heterocycles. The normalized spacial score (nSPS) is 8.93. The molecule has 0 saturated carbocycles. The van der Waals surface area contributed by atoms with Crippen LogP contribution in [0.2, 0.25) is 0 Å². The molecule has 0 saturated heterocycles. The van der Waals surface area contributed by atoms with E-state index < -0.39 is 5.97 Å². The van der Waals surface area contributed by atoms with Crippen LogP contribution in [0.15, 0.2) is 18.3 Å². The molecule has 14 heavy (non-hydrogen) atoms. The fraction of sp³-hybridized carbons (Fsp3) is 0.200. The number of carboxylic acid groups (broad SMARTS) is 1. The van der Waals surface area contributed by atoms with E-state index in [2.05, 4.69) is 16.8 Å². The number of aliphatic carboxylic acids is 1. The second kappa shape index (κ2) is 5.00. The Labute approximate surface area is 81.8 Å². The van der Waals surface area contributed by atoms with Crippen LogP contribution in [-0.2, 0) is 11.2 Å². The van der Waals surface area contributed by atoms with Crippen molar-refractivity contribution in [1.29, 1.82) is 0 Å². The standard InChI is InChI=1S/C10H10N2O2/c11-5-1-2-8-3-4-9(12-7-8)6-10(13)14/h3-4,7H,5-6,11H2,(H,13,14). The van der Waals surface area contributed by atoms with Crippen molar-refractivity contribution in [2.45, 2.75) is 6.42 Å². The zero-order valence-corrected chi connectivity index (χ0v) is 7.53. The lowest BCUT2D eigenvalue weighted by Crippen LogP contribution is -2.01. The van der Waals surface area contributed by atoms with Crippen molar-refractivity contribution in [3.63, 3.8) is 0 Å². The quantitative estimate of drug-likeness (QED) is 0.644. The van der Waals surface area contributed by atoms with Crippen molar-refractivity contribution < 1.29 is 9.90 Å². The summed E-state index contributed by atoms with van der Waals surface area (Å²) < 4.78 is 0. The maximum absolute atomic E-state index is 10.3. The van der Waals surface area contributed by atoms with E-state index in [1.54, 1.807) is 18.3 Å². The van der Waals surface area contributed by atoms with Gasteiger partial charge in [-0.25, -0.2) is 0 Å². The topological polar surface area (TPSA) is 76.2 Å². The first-order valence-electron chi connectivity index (χ1n) is 4.08. The first-order chi connectivity index (χ1) is 6.72. The maximum Gasteiger partial charge on any atom is 0.309 e. The number of nitrogens with zero attached hydrogens (tertiary/aromatic N) is 1. The molecule has 0 amide bonds. The summed E-state index contributed by atoms with van der Waals surface area (Å²) in [6, 6.07) is 3.38. The molecule has 0 fully saturated rings. The summed E-state index contributed by atoms with van der Waals surface area (Å²) in [4.78, 5) is 14.3. The first-order valence-corrected chi connectivity index (χ1v) is 4.08. The summed E-state index contributed by atoms with van der Waals surface area (Å²) >= 11 is 0. The second-order valence-electron chi connectivity index (χ2n) is 2.61. The molecular weight excluding hydrogens is 180 g/mol. The lowest BCUT2D eigenvalue weighted by atomic mass is 10.2. The fourth-order valence-electron chi connectivity index (χ4n) is 0.911. The minimum Gasteiger partial charge on any atom is -0.481 e. The van der Waals surface area contributed by atoms with Gasteiger partial charge in [-0.05, 0) is 12.1 Å². The molecule has 0 aliphatic carbocycles. The molecule has 0 aliphatic rings. The summed E-state index contributed by atoms with van der Waals surface area (Å²) in [6.45, 7) is 0.302. The van der Waals surface area contributed by atoms with Gasteiger partial charge in [0.2, 0.25) is 0 Å². The Kier molecular flexibility index (Phi) is 3.65. The van der Waals surface area contributed by atoms with Gasteiger partial charge in [0.15, 0.2) is 0 Å². The van der Waals surface area contributed by atoms with Crippen LogP contribution >= 0.6 is 0 Å². The molecule has 1 aromatic rings. The van der Waals surface area contributed by atoms with Crippen LogP contribution in [0.5, 0.6) is 0 Å². The Morgan fingerprint density at radius 2 is 2.36 bits per heavy atom. The van der Waals surface area contributed by atoms with Gasteiger partial charge in [0.05, 0.1) is 18.7 Å². The van der Waals surface area contributed by atoms with Crippen molar-refractivity contribution in [3.05, 3.63) is 29.6 Å². The van der Waals surface area contributed by atoms with Crippen LogP contribution < -0.4 is 5.73 Å². The number of nitrogens with two attached hydrogens (primary N) is 1. The highest BCUT2D eigenvalue weighted by molar-refractivity contribution is 5.69. The third-order valence-corrected chi connectivity index (χ3v) is 1.49. The number of rotatable bonds is 2. The Bertz CT molecular complexity index is 373. The van der Waals surface area contributed by atoms with E-state index in [-0.39, 0.29) is 6.42 Å². The Morgan fingerprint density at radius 1 is 1.57 bits per heavy atom. The van der Waals surface area contributed by atoms with Gasteiger partial charge in [-0.15, -0.1) is 0 Å². The molecule has 0 bridgehead atoms. The zero-order valence-electron chi connectivity index (χ0n) is 7.53. The Hall–Kier alpha value is -1.86. The van der Waals surface area contributed by atoms with Gasteiger partial charge in [-0.1, -0.05) is 11.8 Å². The van der Waals surface area contributed by atoms with Gasteiger partial charge in [0, 0.05) is 11.8 Å². The molecule has 1 aromatic heterocycles. The largest absolute Gasteiger partial charge is 0.481 e. The van der Waals surface area contributed by atoms with Crippen molar-refractivity contribution in [2.24, 2.45) is 5.73 Å². The van der Waals surface area contributed by atoms with Gasteiger partial charge in [0.1, 0.15) is 0 Å². The highest BCUT2D eigenvalue weighted by Gasteiger charge is 2.00. The van der Waals surface area contributed by atoms with Gasteiger partial charge in [-0.2, -0.15) is 0 Å². The van der Waals surface area contributed by atoms with Crippen LogP contribution in [0.1, 0.15) is 11.3 Å². The average Bonchev–Trinajstić information content (AvgIpc) is 2.16. The summed E-state index contributed by atoms with van der Waals surface area (Å²) in [5.41, 5.74) is 6.46. The summed E-state index contributed by atoms with van der Waals surface area (Å²) in [5, 5.41) is 8.49. The molecule has 0 spiro atoms. The van der Waals surface area contributed by atoms with Crippen molar-refractivity contribution >= 4 is 5.97 Å². The molecule has 0 unspecified atom stereocenters. The van der Waals surface area contributed by atoms with E-state index in [4.69, 9.17) is 10.8 Å². The SMILES string of the molecule is NCC#Cc1ccc(CC(=O)O)nc1. The van der Waals surface area contributed by atoms with Crippen molar-refractivity contribution in [3.8, 4) is 11.8 Å². The number of carboxylic acids is 1. The van der Waals surface area contributed by atoms with Crippen LogP contribution in [0.3, 0.4) is 0 Å². The van der Waals surface area contributed by atoms with E-state index in [1.807, 2.05) is 0 Å². The maximum atomic E-state index is 10.3. The van der Waals surface area contributed by atoms with Gasteiger partial charge in [0.25, 0.3) is 0 Å². The van der Waals surface area contributed by atoms with Gasteiger partial charge < -0.3 is 10.8 Å². The van der Waals surface area contributed by atoms with E-state index in [0.717, 1.165) is 5.56 Å². The van der Waals surface area contributed by atoms with E-state index in [9.17, 15) is 4.79 Å². The number of carbonyl (C=O) groups is 1. The highest BCUT2D eigenvalue weighted by atomic mass is 16.4. The predicted octanol–water partition coefficient (Wildman–Crippen LogP) is 0.0189. The second-order valence-corrected chi connectivity index (χ2v) is 2.61. The van der Waals surface area contributed by atoms with Crippen LogP contribution in [0.25, 0.3) is 0 Å². The van der Waals surface area contributed by atoms with Gasteiger partial charge >= 0.3 is 5.97 Å². The molecule has 1 rings (SSSR count). The van der Waals surface area contributed by atoms with Crippen LogP contribution in [0.4, 0.5) is 0 Å². The smallest absolute Gasteiger partial charge is 0.309 e. The molecule has 4 nitrogen and oxygen atoms in total. The summed E-state index contributed by atoms with van der Waals surface area (Å²) in [5.74, 6) is 4.60. The van der Waals surface area contributed by atoms with Gasteiger partial charge in [-0.3, -0.25) is 9.78 Å². The molecule has 1 heterocycles. The van der Waals surface area contributed by atoms with Crippen molar-refractivity contribution in [1.82, 2.24) is 4.98 Å². The minimum absolute atomic E-state index is 0.0649. The molecule has 0 atom stereocenters. The lowest BCUT2D eigenvalue weighted by Gasteiger charge is -1.95. The monoisotopic (exact) mass is 190 g/mol. The number of aromatic nitrogens is 1. The zero-order chi connectivity index (χ0) is 10.4. The minimum atomic E-state index is -0.890. The number of hydrogen-bond donors (Lipinski definition) is 2. The Balaban J connectivity index is 2.73. The number of pyridine rings is 1. The summed E-state index contributed by atoms with van der Waals surface area (Å²) in [7, 11) is 0. The van der Waals surface area contributed by atoms with E-state index >= 15 is 0 Å².